The molecule has 92 valence electrons. The van der Waals surface area contributed by atoms with E-state index in [1.165, 1.54) is 0 Å². The van der Waals surface area contributed by atoms with Crippen LogP contribution in [0, 0.1) is 0 Å². The van der Waals surface area contributed by atoms with Crippen LogP contribution in [-0.2, 0) is 9.53 Å². The van der Waals surface area contributed by atoms with Crippen molar-refractivity contribution >= 4 is 11.5 Å². The zero-order valence-corrected chi connectivity index (χ0v) is 10.5. The summed E-state index contributed by atoms with van der Waals surface area (Å²) in [6, 6.07) is 6.76. The molecule has 0 saturated heterocycles. The summed E-state index contributed by atoms with van der Waals surface area (Å²) in [6.07, 6.45) is 0.817. The molecule has 0 spiro atoms. The van der Waals surface area contributed by atoms with Crippen LogP contribution in [0.5, 0.6) is 5.75 Å². The van der Waals surface area contributed by atoms with Crippen LogP contribution in [0.2, 0.25) is 0 Å². The molecule has 1 aromatic carbocycles. The molecule has 0 radical (unpaired) electrons. The number of carbonyl (C=O) groups is 1. The lowest BCUT2D eigenvalue weighted by Gasteiger charge is -2.08. The zero-order valence-electron chi connectivity index (χ0n) is 10.5. The summed E-state index contributed by atoms with van der Waals surface area (Å²) >= 11 is 0. The van der Waals surface area contributed by atoms with Gasteiger partial charge in [-0.15, -0.1) is 0 Å². The predicted octanol–water partition coefficient (Wildman–Crippen LogP) is 3.14. The first-order valence-corrected chi connectivity index (χ1v) is 5.70. The van der Waals surface area contributed by atoms with Gasteiger partial charge in [0.2, 0.25) is 0 Å². The second-order valence-corrected chi connectivity index (χ2v) is 3.93. The van der Waals surface area contributed by atoms with Crippen LogP contribution < -0.4 is 0 Å². The van der Waals surface area contributed by atoms with E-state index in [4.69, 9.17) is 4.74 Å². The quantitative estimate of drug-likeness (QED) is 0.643. The number of phenolic OH excluding ortho intramolecular Hbond substituents is 1. The van der Waals surface area contributed by atoms with Gasteiger partial charge in [-0.25, -0.2) is 4.79 Å². The Morgan fingerprint density at radius 3 is 2.35 bits per heavy atom. The summed E-state index contributed by atoms with van der Waals surface area (Å²) in [7, 11) is 0. The van der Waals surface area contributed by atoms with Gasteiger partial charge in [0.05, 0.1) is 6.61 Å². The molecule has 0 aliphatic rings. The van der Waals surface area contributed by atoms with E-state index in [-0.39, 0.29) is 11.7 Å². The smallest absolute Gasteiger partial charge is 0.333 e. The topological polar surface area (TPSA) is 46.5 Å². The van der Waals surface area contributed by atoms with Crippen molar-refractivity contribution in [3.8, 4) is 5.75 Å². The average molecular weight is 234 g/mol. The Morgan fingerprint density at radius 2 is 1.82 bits per heavy atom. The molecule has 0 aromatic heterocycles. The Morgan fingerprint density at radius 1 is 1.24 bits per heavy atom. The third-order valence-electron chi connectivity index (χ3n) is 2.61. The van der Waals surface area contributed by atoms with Crippen LogP contribution in [0.1, 0.15) is 32.8 Å². The van der Waals surface area contributed by atoms with Crippen molar-refractivity contribution in [2.75, 3.05) is 6.61 Å². The van der Waals surface area contributed by atoms with E-state index in [1.54, 1.807) is 31.2 Å². The van der Waals surface area contributed by atoms with Crippen molar-refractivity contribution in [2.24, 2.45) is 0 Å². The highest BCUT2D eigenvalue weighted by Gasteiger charge is 2.10. The van der Waals surface area contributed by atoms with Crippen molar-refractivity contribution in [1.29, 1.82) is 0 Å². The number of phenols is 1. The second-order valence-electron chi connectivity index (χ2n) is 3.93. The van der Waals surface area contributed by atoms with Crippen molar-refractivity contribution in [3.63, 3.8) is 0 Å². The third-order valence-corrected chi connectivity index (χ3v) is 2.61. The number of rotatable bonds is 4. The molecule has 0 bridgehead atoms. The van der Waals surface area contributed by atoms with Gasteiger partial charge in [-0.2, -0.15) is 0 Å². The molecule has 0 heterocycles. The lowest BCUT2D eigenvalue weighted by Crippen LogP contribution is -2.07. The minimum atomic E-state index is -0.280. The van der Waals surface area contributed by atoms with Crippen LogP contribution in [0.15, 0.2) is 29.8 Å². The average Bonchev–Trinajstić information content (AvgIpc) is 2.35. The molecular formula is C14H18O3. The van der Waals surface area contributed by atoms with Gasteiger partial charge < -0.3 is 9.84 Å². The molecule has 1 N–H and O–H groups in total. The number of ether oxygens (including phenoxy) is 1. The fourth-order valence-corrected chi connectivity index (χ4v) is 1.38. The summed E-state index contributed by atoms with van der Waals surface area (Å²) < 4.78 is 5.07. The molecule has 0 aliphatic heterocycles. The normalized spacial score (nSPS) is 11.9. The summed E-state index contributed by atoms with van der Waals surface area (Å²) in [5, 5.41) is 9.19. The number of benzene rings is 1. The lowest BCUT2D eigenvalue weighted by molar-refractivity contribution is -0.138. The molecule has 1 rings (SSSR count). The molecule has 0 aliphatic carbocycles. The van der Waals surface area contributed by atoms with E-state index in [2.05, 4.69) is 0 Å². The monoisotopic (exact) mass is 234 g/mol. The lowest BCUT2D eigenvalue weighted by atomic mass is 10.0. The first kappa shape index (κ1) is 13.3. The fraction of sp³-hybridized carbons (Fsp3) is 0.357. The SMILES string of the molecule is CCCOC(=O)C(C)=C(C)c1ccc(O)cc1. The summed E-state index contributed by atoms with van der Waals surface area (Å²) in [5.74, 6) is -0.0646. The number of esters is 1. The molecule has 17 heavy (non-hydrogen) atoms. The third kappa shape index (κ3) is 3.63. The van der Waals surface area contributed by atoms with E-state index in [0.29, 0.717) is 12.2 Å². The molecule has 0 unspecified atom stereocenters. The van der Waals surface area contributed by atoms with Crippen molar-refractivity contribution in [3.05, 3.63) is 35.4 Å². The van der Waals surface area contributed by atoms with E-state index in [9.17, 15) is 9.90 Å². The first-order valence-electron chi connectivity index (χ1n) is 5.70. The Labute approximate surface area is 102 Å². The zero-order chi connectivity index (χ0) is 12.8. The molecule has 0 amide bonds. The minimum Gasteiger partial charge on any atom is -0.508 e. The number of hydrogen-bond acceptors (Lipinski definition) is 3. The van der Waals surface area contributed by atoms with Gasteiger partial charge in [0.1, 0.15) is 5.75 Å². The summed E-state index contributed by atoms with van der Waals surface area (Å²) in [5.41, 5.74) is 2.38. The maximum atomic E-state index is 11.7. The molecule has 1 aromatic rings. The Balaban J connectivity index is 2.88. The van der Waals surface area contributed by atoms with Gasteiger partial charge in [0, 0.05) is 5.57 Å². The Hall–Kier alpha value is -1.77. The highest BCUT2D eigenvalue weighted by Crippen LogP contribution is 2.21. The fourth-order valence-electron chi connectivity index (χ4n) is 1.38. The predicted molar refractivity (Wildman–Crippen MR) is 67.6 cm³/mol. The van der Waals surface area contributed by atoms with Gasteiger partial charge in [-0.3, -0.25) is 0 Å². The number of allylic oxidation sites excluding steroid dienone is 1. The maximum Gasteiger partial charge on any atom is 0.333 e. The standard InChI is InChI=1S/C14H18O3/c1-4-9-17-14(16)11(3)10(2)12-5-7-13(15)8-6-12/h5-8,15H,4,9H2,1-3H3. The van der Waals surface area contributed by atoms with Crippen LogP contribution in [0.3, 0.4) is 0 Å². The van der Waals surface area contributed by atoms with Crippen LogP contribution in [0.25, 0.3) is 5.57 Å². The van der Waals surface area contributed by atoms with Crippen LogP contribution >= 0.6 is 0 Å². The van der Waals surface area contributed by atoms with E-state index in [1.807, 2.05) is 13.8 Å². The van der Waals surface area contributed by atoms with Crippen LogP contribution in [-0.4, -0.2) is 17.7 Å². The summed E-state index contributed by atoms with van der Waals surface area (Å²) in [4.78, 5) is 11.7. The molecule has 0 atom stereocenters. The van der Waals surface area contributed by atoms with Gasteiger partial charge >= 0.3 is 5.97 Å². The van der Waals surface area contributed by atoms with E-state index < -0.39 is 0 Å². The van der Waals surface area contributed by atoms with Crippen LogP contribution in [0.4, 0.5) is 0 Å². The summed E-state index contributed by atoms with van der Waals surface area (Å²) in [6.45, 7) is 6.02. The molecule has 3 heteroatoms. The van der Waals surface area contributed by atoms with Gasteiger partial charge in [0.15, 0.2) is 0 Å². The molecule has 0 saturated carbocycles. The van der Waals surface area contributed by atoms with E-state index >= 15 is 0 Å². The van der Waals surface area contributed by atoms with Crippen molar-refractivity contribution in [1.82, 2.24) is 0 Å². The Bertz CT molecular complexity index is 416. The van der Waals surface area contributed by atoms with Gasteiger partial charge in [0.25, 0.3) is 0 Å². The Kier molecular flexibility index (Phi) is 4.76. The maximum absolute atomic E-state index is 11.7. The van der Waals surface area contributed by atoms with E-state index in [0.717, 1.165) is 17.6 Å². The van der Waals surface area contributed by atoms with Crippen molar-refractivity contribution in [2.45, 2.75) is 27.2 Å². The van der Waals surface area contributed by atoms with Crippen molar-refractivity contribution < 1.29 is 14.6 Å². The highest BCUT2D eigenvalue weighted by molar-refractivity contribution is 5.96. The second kappa shape index (κ2) is 6.09. The number of hydrogen-bond donors (Lipinski definition) is 1. The number of carbonyl (C=O) groups excluding carboxylic acids is 1. The van der Waals surface area contributed by atoms with Gasteiger partial charge in [-0.1, -0.05) is 19.1 Å². The molecular weight excluding hydrogens is 216 g/mol. The first-order chi connectivity index (χ1) is 8.06. The van der Waals surface area contributed by atoms with Gasteiger partial charge in [-0.05, 0) is 43.5 Å². The molecule has 0 fully saturated rings. The number of aromatic hydroxyl groups is 1. The minimum absolute atomic E-state index is 0.216. The molecule has 3 nitrogen and oxygen atoms in total. The highest BCUT2D eigenvalue weighted by atomic mass is 16.5. The largest absolute Gasteiger partial charge is 0.508 e.